The molecule has 0 spiro atoms. The number of amides is 1. The van der Waals surface area contributed by atoms with E-state index in [4.69, 9.17) is 0 Å². The molecule has 1 heterocycles. The molecular weight excluding hydrogens is 304 g/mol. The Bertz CT molecular complexity index is 666. The molecule has 2 aromatic rings. The number of aromatic amines is 1. The van der Waals surface area contributed by atoms with Gasteiger partial charge in [0.05, 0.1) is 0 Å². The van der Waals surface area contributed by atoms with Crippen molar-refractivity contribution in [1.82, 2.24) is 25.9 Å². The number of tetrazole rings is 1. The highest BCUT2D eigenvalue weighted by Crippen LogP contribution is 2.32. The van der Waals surface area contributed by atoms with Crippen molar-refractivity contribution < 1.29 is 13.6 Å². The van der Waals surface area contributed by atoms with Crippen LogP contribution in [0.5, 0.6) is 0 Å². The van der Waals surface area contributed by atoms with Crippen molar-refractivity contribution in [2.75, 3.05) is 0 Å². The number of benzene rings is 1. The number of carbonyl (C=O) groups is 1. The third-order valence-corrected chi connectivity index (χ3v) is 4.18. The van der Waals surface area contributed by atoms with E-state index in [2.05, 4.69) is 25.9 Å². The van der Waals surface area contributed by atoms with Gasteiger partial charge in [0.15, 0.2) is 5.82 Å². The summed E-state index contributed by atoms with van der Waals surface area (Å²) in [6, 6.07) is 5.31. The molecule has 0 saturated heterocycles. The second-order valence-corrected chi connectivity index (χ2v) is 5.85. The van der Waals surface area contributed by atoms with Crippen LogP contribution in [0.3, 0.4) is 0 Å². The third kappa shape index (κ3) is 3.35. The molecule has 6 nitrogen and oxygen atoms in total. The first-order chi connectivity index (χ1) is 10.9. The predicted octanol–water partition coefficient (Wildman–Crippen LogP) is 2.38. The number of H-pyrrole nitrogens is 1. The van der Waals surface area contributed by atoms with Crippen LogP contribution in [0, 0.1) is 0 Å². The first-order valence-corrected chi connectivity index (χ1v) is 7.48. The fourth-order valence-electron chi connectivity index (χ4n) is 2.93. The second kappa shape index (κ2) is 6.02. The summed E-state index contributed by atoms with van der Waals surface area (Å²) in [5.74, 6) is -2.58. The average molecular weight is 321 g/mol. The van der Waals surface area contributed by atoms with E-state index in [-0.39, 0.29) is 23.4 Å². The first kappa shape index (κ1) is 15.5. The SMILES string of the molecule is CC(F)(F)c1ccc(C(=O)NC2CCCC2c2nn[nH]n2)cc1. The maximum absolute atomic E-state index is 13.2. The largest absolute Gasteiger partial charge is 0.349 e. The van der Waals surface area contributed by atoms with Gasteiger partial charge in [0.2, 0.25) is 0 Å². The van der Waals surface area contributed by atoms with Gasteiger partial charge < -0.3 is 5.32 Å². The van der Waals surface area contributed by atoms with Gasteiger partial charge in [-0.1, -0.05) is 23.8 Å². The van der Waals surface area contributed by atoms with E-state index in [1.807, 2.05) is 0 Å². The molecule has 1 amide bonds. The number of carbonyl (C=O) groups excluding carboxylic acids is 1. The van der Waals surface area contributed by atoms with Crippen molar-refractivity contribution in [2.45, 2.75) is 44.1 Å². The minimum Gasteiger partial charge on any atom is -0.349 e. The molecular formula is C15H17F2N5O. The molecule has 1 aliphatic carbocycles. The van der Waals surface area contributed by atoms with E-state index in [0.29, 0.717) is 11.4 Å². The summed E-state index contributed by atoms with van der Waals surface area (Å²) in [6.07, 6.45) is 2.67. The monoisotopic (exact) mass is 321 g/mol. The molecule has 0 aliphatic heterocycles. The highest BCUT2D eigenvalue weighted by atomic mass is 19.3. The Morgan fingerprint density at radius 3 is 2.65 bits per heavy atom. The maximum Gasteiger partial charge on any atom is 0.270 e. The molecule has 2 unspecified atom stereocenters. The number of halogens is 2. The van der Waals surface area contributed by atoms with Crippen molar-refractivity contribution in [3.05, 3.63) is 41.2 Å². The van der Waals surface area contributed by atoms with Gasteiger partial charge in [-0.3, -0.25) is 4.79 Å². The van der Waals surface area contributed by atoms with E-state index in [9.17, 15) is 13.6 Å². The highest BCUT2D eigenvalue weighted by molar-refractivity contribution is 5.94. The Balaban J connectivity index is 1.69. The Morgan fingerprint density at radius 1 is 1.30 bits per heavy atom. The molecule has 2 atom stereocenters. The van der Waals surface area contributed by atoms with Gasteiger partial charge in [0.1, 0.15) is 0 Å². The van der Waals surface area contributed by atoms with E-state index in [1.165, 1.54) is 24.3 Å². The summed E-state index contributed by atoms with van der Waals surface area (Å²) in [5.41, 5.74) is 0.247. The molecule has 1 aromatic carbocycles. The molecule has 1 aromatic heterocycles. The molecule has 1 saturated carbocycles. The molecule has 122 valence electrons. The molecule has 0 radical (unpaired) electrons. The standard InChI is InChI=1S/C15H17F2N5O/c1-15(16,17)10-7-5-9(6-8-10)14(23)18-12-4-2-3-11(12)13-19-21-22-20-13/h5-8,11-12H,2-4H2,1H3,(H,18,23)(H,19,20,21,22). The summed E-state index contributed by atoms with van der Waals surface area (Å²) in [7, 11) is 0. The van der Waals surface area contributed by atoms with Crippen LogP contribution in [0.4, 0.5) is 8.78 Å². The van der Waals surface area contributed by atoms with E-state index in [0.717, 1.165) is 26.2 Å². The van der Waals surface area contributed by atoms with Crippen molar-refractivity contribution in [3.63, 3.8) is 0 Å². The Morgan fingerprint density at radius 2 is 2.04 bits per heavy atom. The average Bonchev–Trinajstić information content (AvgIpc) is 3.17. The van der Waals surface area contributed by atoms with Gasteiger partial charge in [-0.15, -0.1) is 10.2 Å². The molecule has 3 rings (SSSR count). The lowest BCUT2D eigenvalue weighted by molar-refractivity contribution is 0.0174. The normalized spacial score (nSPS) is 21.3. The van der Waals surface area contributed by atoms with Crippen LogP contribution in [0.25, 0.3) is 0 Å². The zero-order valence-corrected chi connectivity index (χ0v) is 12.6. The van der Waals surface area contributed by atoms with Crippen molar-refractivity contribution >= 4 is 5.91 Å². The molecule has 23 heavy (non-hydrogen) atoms. The van der Waals surface area contributed by atoms with Gasteiger partial charge in [-0.25, -0.2) is 8.78 Å². The lowest BCUT2D eigenvalue weighted by Crippen LogP contribution is -2.36. The summed E-state index contributed by atoms with van der Waals surface area (Å²) in [5, 5.41) is 16.9. The summed E-state index contributed by atoms with van der Waals surface area (Å²) in [4.78, 5) is 12.3. The van der Waals surface area contributed by atoms with Crippen LogP contribution >= 0.6 is 0 Å². The van der Waals surface area contributed by atoms with Crippen molar-refractivity contribution in [1.29, 1.82) is 0 Å². The van der Waals surface area contributed by atoms with Gasteiger partial charge in [-0.2, -0.15) is 5.21 Å². The molecule has 0 bridgehead atoms. The third-order valence-electron chi connectivity index (χ3n) is 4.18. The quantitative estimate of drug-likeness (QED) is 0.905. The maximum atomic E-state index is 13.2. The van der Waals surface area contributed by atoms with Crippen LogP contribution in [-0.4, -0.2) is 32.6 Å². The number of alkyl halides is 2. The lowest BCUT2D eigenvalue weighted by atomic mass is 10.0. The fraction of sp³-hybridized carbons (Fsp3) is 0.467. The molecule has 2 N–H and O–H groups in total. The molecule has 8 heteroatoms. The van der Waals surface area contributed by atoms with E-state index in [1.54, 1.807) is 0 Å². The van der Waals surface area contributed by atoms with Gasteiger partial charge in [0, 0.05) is 30.0 Å². The zero-order chi connectivity index (χ0) is 16.4. The number of nitrogens with one attached hydrogen (secondary N) is 2. The first-order valence-electron chi connectivity index (χ1n) is 7.48. The van der Waals surface area contributed by atoms with Gasteiger partial charge in [0.25, 0.3) is 11.8 Å². The lowest BCUT2D eigenvalue weighted by Gasteiger charge is -2.18. The number of nitrogens with zero attached hydrogens (tertiary/aromatic N) is 3. The summed E-state index contributed by atoms with van der Waals surface area (Å²) < 4.78 is 26.4. The van der Waals surface area contributed by atoms with Crippen molar-refractivity contribution in [3.8, 4) is 0 Å². The summed E-state index contributed by atoms with van der Waals surface area (Å²) >= 11 is 0. The fourth-order valence-corrected chi connectivity index (χ4v) is 2.93. The van der Waals surface area contributed by atoms with Crippen LogP contribution in [-0.2, 0) is 5.92 Å². The van der Waals surface area contributed by atoms with Crippen LogP contribution in [0.1, 0.15) is 53.8 Å². The number of aromatic nitrogens is 4. The number of hydrogen-bond acceptors (Lipinski definition) is 4. The van der Waals surface area contributed by atoms with Gasteiger partial charge in [-0.05, 0) is 25.0 Å². The topological polar surface area (TPSA) is 83.6 Å². The summed E-state index contributed by atoms with van der Waals surface area (Å²) in [6.45, 7) is 0.829. The van der Waals surface area contributed by atoms with Crippen LogP contribution in [0.15, 0.2) is 24.3 Å². The van der Waals surface area contributed by atoms with Gasteiger partial charge >= 0.3 is 0 Å². The van der Waals surface area contributed by atoms with E-state index < -0.39 is 5.92 Å². The molecule has 1 aliphatic rings. The number of hydrogen-bond donors (Lipinski definition) is 2. The minimum absolute atomic E-state index is 0.0250. The minimum atomic E-state index is -2.91. The second-order valence-electron chi connectivity index (χ2n) is 5.85. The Hall–Kier alpha value is -2.38. The smallest absolute Gasteiger partial charge is 0.270 e. The van der Waals surface area contributed by atoms with E-state index >= 15 is 0 Å². The predicted molar refractivity (Wildman–Crippen MR) is 78.0 cm³/mol. The zero-order valence-electron chi connectivity index (χ0n) is 12.6. The number of rotatable bonds is 4. The van der Waals surface area contributed by atoms with Crippen LogP contribution in [0.2, 0.25) is 0 Å². The Labute approximate surface area is 131 Å². The molecule has 1 fully saturated rings. The highest BCUT2D eigenvalue weighted by Gasteiger charge is 2.33. The van der Waals surface area contributed by atoms with Crippen molar-refractivity contribution in [2.24, 2.45) is 0 Å². The van der Waals surface area contributed by atoms with Crippen LogP contribution < -0.4 is 5.32 Å². The Kier molecular flexibility index (Phi) is 4.06.